The molecule has 1 amide bonds. The van der Waals surface area contributed by atoms with Crippen molar-refractivity contribution < 1.29 is 14.8 Å². The van der Waals surface area contributed by atoms with Crippen LogP contribution in [0.15, 0.2) is 54.2 Å². The number of phenols is 1. The van der Waals surface area contributed by atoms with E-state index >= 15 is 0 Å². The van der Waals surface area contributed by atoms with Gasteiger partial charge in [-0.25, -0.2) is 0 Å². The molecule has 0 saturated heterocycles. The zero-order valence-corrected chi connectivity index (χ0v) is 13.3. The third-order valence-corrected chi connectivity index (χ3v) is 3.34. The Morgan fingerprint density at radius 3 is 2.48 bits per heavy atom. The Morgan fingerprint density at radius 2 is 1.88 bits per heavy atom. The molecule has 0 atom stereocenters. The van der Waals surface area contributed by atoms with Gasteiger partial charge in [0.15, 0.2) is 0 Å². The van der Waals surface area contributed by atoms with Crippen LogP contribution in [-0.4, -0.2) is 15.9 Å². The van der Waals surface area contributed by atoms with Gasteiger partial charge in [0.1, 0.15) is 22.4 Å². The average Bonchev–Trinajstić information content (AvgIpc) is 2.58. The fraction of sp³-hybridized carbons (Fsp3) is 0. The van der Waals surface area contributed by atoms with Crippen molar-refractivity contribution in [2.24, 2.45) is 0 Å². The van der Waals surface area contributed by atoms with Gasteiger partial charge in [-0.1, -0.05) is 11.6 Å². The van der Waals surface area contributed by atoms with Gasteiger partial charge in [0.05, 0.1) is 4.92 Å². The summed E-state index contributed by atoms with van der Waals surface area (Å²) in [5, 5.41) is 34.2. The molecule has 8 nitrogen and oxygen atoms in total. The number of nitriles is 1. The maximum absolute atomic E-state index is 12.1. The normalized spacial score (nSPS) is 10.6. The second-order valence-electron chi connectivity index (χ2n) is 4.74. The van der Waals surface area contributed by atoms with E-state index in [4.69, 9.17) is 16.9 Å². The Bertz CT molecular complexity index is 888. The molecule has 3 N–H and O–H groups in total. The topological polar surface area (TPSA) is 128 Å². The smallest absolute Gasteiger partial charge is 0.289 e. The highest BCUT2D eigenvalue weighted by atomic mass is 35.5. The number of carbonyl (C=O) groups excluding carboxylic acids is 1. The molecule has 2 aromatic carbocycles. The number of nitrogens with zero attached hydrogens (tertiary/aromatic N) is 2. The third kappa shape index (κ3) is 4.70. The predicted octanol–water partition coefficient (Wildman–Crippen LogP) is 3.41. The standard InChI is InChI=1S/C16H11ClN4O4/c17-14-6-3-12(7-15(14)21(24)25)20-16(23)10(8-18)9-19-11-1-4-13(22)5-2-11/h1-7,9,19,22H,(H,20,23)/b10-9-. The molecule has 0 aliphatic heterocycles. The van der Waals surface area contributed by atoms with Crippen molar-refractivity contribution in [2.75, 3.05) is 10.6 Å². The lowest BCUT2D eigenvalue weighted by atomic mass is 10.2. The Balaban J connectivity index is 2.13. The zero-order chi connectivity index (χ0) is 18.4. The van der Waals surface area contributed by atoms with Crippen molar-refractivity contribution in [1.29, 1.82) is 5.26 Å². The van der Waals surface area contributed by atoms with E-state index in [0.717, 1.165) is 6.07 Å². The molecule has 0 saturated carbocycles. The number of nitro groups is 1. The summed E-state index contributed by atoms with van der Waals surface area (Å²) in [4.78, 5) is 22.3. The van der Waals surface area contributed by atoms with Crippen LogP contribution in [0.3, 0.4) is 0 Å². The number of benzene rings is 2. The van der Waals surface area contributed by atoms with Crippen LogP contribution < -0.4 is 10.6 Å². The first kappa shape index (κ1) is 17.8. The van der Waals surface area contributed by atoms with Crippen LogP contribution in [0, 0.1) is 21.4 Å². The van der Waals surface area contributed by atoms with E-state index in [1.807, 2.05) is 0 Å². The minimum Gasteiger partial charge on any atom is -0.508 e. The summed E-state index contributed by atoms with van der Waals surface area (Å²) in [5.74, 6) is -0.664. The van der Waals surface area contributed by atoms with Gasteiger partial charge in [-0.2, -0.15) is 5.26 Å². The van der Waals surface area contributed by atoms with Crippen LogP contribution in [0.25, 0.3) is 0 Å². The second-order valence-corrected chi connectivity index (χ2v) is 5.15. The largest absolute Gasteiger partial charge is 0.508 e. The molecule has 2 aromatic rings. The summed E-state index contributed by atoms with van der Waals surface area (Å²) in [6.07, 6.45) is 1.19. The highest BCUT2D eigenvalue weighted by Gasteiger charge is 2.15. The van der Waals surface area contributed by atoms with Crippen molar-refractivity contribution in [3.05, 3.63) is 69.4 Å². The lowest BCUT2D eigenvalue weighted by Gasteiger charge is -2.06. The maximum atomic E-state index is 12.1. The fourth-order valence-electron chi connectivity index (χ4n) is 1.79. The summed E-state index contributed by atoms with van der Waals surface area (Å²) in [6.45, 7) is 0. The maximum Gasteiger partial charge on any atom is 0.289 e. The van der Waals surface area contributed by atoms with Crippen LogP contribution in [0.4, 0.5) is 17.1 Å². The number of aromatic hydroxyl groups is 1. The number of anilines is 2. The number of hydrogen-bond donors (Lipinski definition) is 3. The molecular weight excluding hydrogens is 348 g/mol. The highest BCUT2D eigenvalue weighted by Crippen LogP contribution is 2.27. The summed E-state index contributed by atoms with van der Waals surface area (Å²) < 4.78 is 0. The first-order valence-corrected chi connectivity index (χ1v) is 7.19. The van der Waals surface area contributed by atoms with E-state index in [9.17, 15) is 20.0 Å². The number of carbonyl (C=O) groups is 1. The van der Waals surface area contributed by atoms with Gasteiger partial charge >= 0.3 is 0 Å². The van der Waals surface area contributed by atoms with Crippen LogP contribution in [0.5, 0.6) is 5.75 Å². The molecule has 0 bridgehead atoms. The highest BCUT2D eigenvalue weighted by molar-refractivity contribution is 6.32. The van der Waals surface area contributed by atoms with E-state index in [1.165, 1.54) is 30.5 Å². The monoisotopic (exact) mass is 358 g/mol. The fourth-order valence-corrected chi connectivity index (χ4v) is 1.98. The predicted molar refractivity (Wildman–Crippen MR) is 92.2 cm³/mol. The molecule has 0 aliphatic rings. The van der Waals surface area contributed by atoms with Gasteiger partial charge in [-0.05, 0) is 36.4 Å². The molecule has 0 radical (unpaired) electrons. The van der Waals surface area contributed by atoms with Gasteiger partial charge in [-0.15, -0.1) is 0 Å². The molecule has 0 aliphatic carbocycles. The molecule has 0 fully saturated rings. The molecule has 0 heterocycles. The van der Waals surface area contributed by atoms with E-state index in [0.29, 0.717) is 5.69 Å². The van der Waals surface area contributed by atoms with Gasteiger partial charge < -0.3 is 15.7 Å². The Kier molecular flexibility index (Phi) is 5.55. The molecule has 2 rings (SSSR count). The Morgan fingerprint density at radius 1 is 1.24 bits per heavy atom. The molecular formula is C16H11ClN4O4. The van der Waals surface area contributed by atoms with Gasteiger partial charge in [0.25, 0.3) is 11.6 Å². The van der Waals surface area contributed by atoms with Crippen LogP contribution >= 0.6 is 11.6 Å². The third-order valence-electron chi connectivity index (χ3n) is 3.02. The van der Waals surface area contributed by atoms with Crippen LogP contribution in [-0.2, 0) is 4.79 Å². The number of rotatable bonds is 5. The van der Waals surface area contributed by atoms with E-state index < -0.39 is 10.8 Å². The Hall–Kier alpha value is -3.57. The van der Waals surface area contributed by atoms with Gasteiger partial charge in [0, 0.05) is 23.6 Å². The van der Waals surface area contributed by atoms with Crippen molar-refractivity contribution in [3.8, 4) is 11.8 Å². The minimum atomic E-state index is -0.745. The number of phenolic OH excluding ortho intramolecular Hbond substituents is 1. The van der Waals surface area contributed by atoms with Crippen LogP contribution in [0.2, 0.25) is 5.02 Å². The van der Waals surface area contributed by atoms with E-state index in [1.54, 1.807) is 18.2 Å². The van der Waals surface area contributed by atoms with Crippen molar-refractivity contribution in [3.63, 3.8) is 0 Å². The number of nitro benzene ring substituents is 1. The molecule has 0 aromatic heterocycles. The van der Waals surface area contributed by atoms with Crippen molar-refractivity contribution in [1.82, 2.24) is 0 Å². The van der Waals surface area contributed by atoms with Crippen molar-refractivity contribution >= 4 is 34.6 Å². The minimum absolute atomic E-state index is 0.0620. The number of halogens is 1. The zero-order valence-electron chi connectivity index (χ0n) is 12.6. The summed E-state index contributed by atoms with van der Waals surface area (Å²) in [7, 11) is 0. The lowest BCUT2D eigenvalue weighted by molar-refractivity contribution is -0.384. The summed E-state index contributed by atoms with van der Waals surface area (Å²) in [6, 6.07) is 11.5. The SMILES string of the molecule is N#C/C(=C/Nc1ccc(O)cc1)C(=O)Nc1ccc(Cl)c([N+](=O)[O-])c1. The summed E-state index contributed by atoms with van der Waals surface area (Å²) >= 11 is 5.70. The molecule has 0 unspecified atom stereocenters. The second kappa shape index (κ2) is 7.81. The van der Waals surface area contributed by atoms with E-state index in [2.05, 4.69) is 10.6 Å². The lowest BCUT2D eigenvalue weighted by Crippen LogP contribution is -2.14. The Labute approximate surface area is 147 Å². The van der Waals surface area contributed by atoms with Gasteiger partial charge in [-0.3, -0.25) is 14.9 Å². The first-order chi connectivity index (χ1) is 11.9. The molecule has 0 spiro atoms. The molecule has 126 valence electrons. The van der Waals surface area contributed by atoms with Crippen LogP contribution in [0.1, 0.15) is 0 Å². The number of amides is 1. The van der Waals surface area contributed by atoms with Gasteiger partial charge in [0.2, 0.25) is 0 Å². The first-order valence-electron chi connectivity index (χ1n) is 6.82. The summed E-state index contributed by atoms with van der Waals surface area (Å²) in [5.41, 5.74) is 0.0854. The van der Waals surface area contributed by atoms with Crippen molar-refractivity contribution in [2.45, 2.75) is 0 Å². The molecule has 25 heavy (non-hydrogen) atoms. The average molecular weight is 359 g/mol. The number of hydrogen-bond acceptors (Lipinski definition) is 6. The number of nitrogens with one attached hydrogen (secondary N) is 2. The quantitative estimate of drug-likeness (QED) is 0.247. The molecule has 9 heteroatoms. The van der Waals surface area contributed by atoms with E-state index in [-0.39, 0.29) is 27.7 Å².